The lowest BCUT2D eigenvalue weighted by molar-refractivity contribution is -0.122. The van der Waals surface area contributed by atoms with Gasteiger partial charge in [-0.25, -0.2) is 4.90 Å². The molecule has 2 aromatic carbocycles. The van der Waals surface area contributed by atoms with Crippen molar-refractivity contribution in [1.29, 1.82) is 0 Å². The van der Waals surface area contributed by atoms with E-state index < -0.39 is 0 Å². The Morgan fingerprint density at radius 3 is 2.25 bits per heavy atom. The molecule has 0 radical (unpaired) electrons. The first-order chi connectivity index (χ1) is 13.6. The molecule has 1 heterocycles. The van der Waals surface area contributed by atoms with Gasteiger partial charge in [-0.2, -0.15) is 0 Å². The van der Waals surface area contributed by atoms with Crippen LogP contribution in [0, 0.1) is 11.8 Å². The van der Waals surface area contributed by atoms with Gasteiger partial charge in [-0.1, -0.05) is 50.1 Å². The van der Waals surface area contributed by atoms with Crippen LogP contribution in [-0.2, 0) is 16.0 Å². The largest absolute Gasteiger partial charge is 0.322 e. The molecule has 2 aliphatic rings. The summed E-state index contributed by atoms with van der Waals surface area (Å²) in [5.74, 6) is -1.11. The number of nitrogens with one attached hydrogen (secondary N) is 1. The maximum atomic E-state index is 13.0. The summed E-state index contributed by atoms with van der Waals surface area (Å²) in [5.41, 5.74) is 2.51. The number of hydrogen-bond acceptors (Lipinski definition) is 3. The van der Waals surface area contributed by atoms with Gasteiger partial charge in [-0.05, 0) is 43.0 Å². The second-order valence-electron chi connectivity index (χ2n) is 7.49. The van der Waals surface area contributed by atoms with Gasteiger partial charge in [0.2, 0.25) is 11.8 Å². The molecule has 0 aromatic heterocycles. The second kappa shape index (κ2) is 7.58. The van der Waals surface area contributed by atoms with Crippen molar-refractivity contribution in [1.82, 2.24) is 0 Å². The number of amides is 3. The third-order valence-electron chi connectivity index (χ3n) is 5.88. The molecule has 1 saturated carbocycles. The van der Waals surface area contributed by atoms with E-state index in [1.54, 1.807) is 24.3 Å². The number of benzene rings is 2. The molecule has 1 aliphatic heterocycles. The van der Waals surface area contributed by atoms with Crippen LogP contribution >= 0.6 is 0 Å². The number of aryl methyl sites for hydroxylation is 1. The van der Waals surface area contributed by atoms with Gasteiger partial charge in [0.25, 0.3) is 5.91 Å². The van der Waals surface area contributed by atoms with E-state index >= 15 is 0 Å². The number of anilines is 2. The normalized spacial score (nSPS) is 21.5. The van der Waals surface area contributed by atoms with Gasteiger partial charge in [0.15, 0.2) is 0 Å². The van der Waals surface area contributed by atoms with Crippen LogP contribution in [0.2, 0.25) is 0 Å². The molecule has 1 N–H and O–H groups in total. The third kappa shape index (κ3) is 3.11. The summed E-state index contributed by atoms with van der Waals surface area (Å²) in [6.07, 6.45) is 4.26. The Bertz CT molecular complexity index is 913. The van der Waals surface area contributed by atoms with Crippen molar-refractivity contribution in [2.75, 3.05) is 10.2 Å². The molecule has 3 amide bonds. The van der Waals surface area contributed by atoms with Crippen LogP contribution in [0.5, 0.6) is 0 Å². The van der Waals surface area contributed by atoms with Crippen LogP contribution in [-0.4, -0.2) is 17.7 Å². The van der Waals surface area contributed by atoms with Crippen molar-refractivity contribution in [3.05, 3.63) is 59.7 Å². The number of carbonyl (C=O) groups is 3. The minimum absolute atomic E-state index is 0.163. The summed E-state index contributed by atoms with van der Waals surface area (Å²) < 4.78 is 0. The van der Waals surface area contributed by atoms with Gasteiger partial charge < -0.3 is 5.32 Å². The van der Waals surface area contributed by atoms with Gasteiger partial charge >= 0.3 is 0 Å². The second-order valence-corrected chi connectivity index (χ2v) is 7.49. The highest BCUT2D eigenvalue weighted by atomic mass is 16.2. The number of hydrogen-bond donors (Lipinski definition) is 1. The number of nitrogens with zero attached hydrogens (tertiary/aromatic N) is 1. The zero-order valence-electron chi connectivity index (χ0n) is 16.0. The van der Waals surface area contributed by atoms with Gasteiger partial charge in [0.1, 0.15) is 0 Å². The Hall–Kier alpha value is -2.95. The van der Waals surface area contributed by atoms with E-state index in [1.807, 2.05) is 31.2 Å². The number of rotatable bonds is 4. The molecule has 4 rings (SSSR count). The third-order valence-corrected chi connectivity index (χ3v) is 5.88. The Kier molecular flexibility index (Phi) is 4.99. The Morgan fingerprint density at radius 1 is 0.964 bits per heavy atom. The molecule has 1 aliphatic carbocycles. The maximum absolute atomic E-state index is 13.0. The van der Waals surface area contributed by atoms with E-state index in [4.69, 9.17) is 0 Å². The smallest absolute Gasteiger partial charge is 0.257 e. The fraction of sp³-hybridized carbons (Fsp3) is 0.348. The highest BCUT2D eigenvalue weighted by Crippen LogP contribution is 2.41. The molecular weight excluding hydrogens is 352 g/mol. The molecule has 2 atom stereocenters. The number of fused-ring (bicyclic) bond motifs is 1. The van der Waals surface area contributed by atoms with Crippen LogP contribution in [0.1, 0.15) is 48.5 Å². The topological polar surface area (TPSA) is 66.5 Å². The first-order valence-electron chi connectivity index (χ1n) is 9.98. The van der Waals surface area contributed by atoms with Crippen LogP contribution in [0.4, 0.5) is 11.4 Å². The minimum atomic E-state index is -0.313. The monoisotopic (exact) mass is 376 g/mol. The average Bonchev–Trinajstić information content (AvgIpc) is 2.99. The van der Waals surface area contributed by atoms with E-state index in [0.717, 1.165) is 43.4 Å². The highest BCUT2D eigenvalue weighted by molar-refractivity contribution is 6.24. The van der Waals surface area contributed by atoms with Crippen LogP contribution < -0.4 is 10.2 Å². The number of para-hydroxylation sites is 2. The summed E-state index contributed by atoms with van der Waals surface area (Å²) in [4.78, 5) is 40.2. The fourth-order valence-corrected chi connectivity index (χ4v) is 4.40. The molecule has 2 aromatic rings. The molecule has 0 bridgehead atoms. The van der Waals surface area contributed by atoms with E-state index in [1.165, 1.54) is 4.90 Å². The fourth-order valence-electron chi connectivity index (χ4n) is 4.40. The van der Waals surface area contributed by atoms with E-state index in [9.17, 15) is 14.4 Å². The molecule has 144 valence electrons. The molecule has 5 nitrogen and oxygen atoms in total. The van der Waals surface area contributed by atoms with Crippen LogP contribution in [0.3, 0.4) is 0 Å². The Balaban J connectivity index is 1.66. The van der Waals surface area contributed by atoms with Gasteiger partial charge in [0.05, 0.1) is 23.1 Å². The minimum Gasteiger partial charge on any atom is -0.322 e. The summed E-state index contributed by atoms with van der Waals surface area (Å²) in [7, 11) is 0. The Morgan fingerprint density at radius 2 is 1.57 bits per heavy atom. The zero-order chi connectivity index (χ0) is 19.7. The van der Waals surface area contributed by atoms with Crippen molar-refractivity contribution in [3.63, 3.8) is 0 Å². The van der Waals surface area contributed by atoms with Gasteiger partial charge in [-0.3, -0.25) is 14.4 Å². The molecule has 1 saturated heterocycles. The predicted molar refractivity (Wildman–Crippen MR) is 108 cm³/mol. The molecule has 2 fully saturated rings. The van der Waals surface area contributed by atoms with Crippen LogP contribution in [0.15, 0.2) is 48.5 Å². The molecule has 28 heavy (non-hydrogen) atoms. The molecule has 0 unspecified atom stereocenters. The van der Waals surface area contributed by atoms with Crippen molar-refractivity contribution < 1.29 is 14.4 Å². The summed E-state index contributed by atoms with van der Waals surface area (Å²) in [5, 5.41) is 2.95. The standard InChI is InChI=1S/C23H24N2O3/c1-2-15-9-3-7-13-19(15)24-21(26)18-12-6-8-14-20(18)25-22(27)16-10-4-5-11-17(16)23(25)28/h3,6-9,12-14,16-17H,2,4-5,10-11H2,1H3,(H,24,26)/t16-,17+. The van der Waals surface area contributed by atoms with Gasteiger partial charge in [-0.15, -0.1) is 0 Å². The first-order valence-corrected chi connectivity index (χ1v) is 9.98. The SMILES string of the molecule is CCc1ccccc1NC(=O)c1ccccc1N1C(=O)[C@H]2CCCC[C@H]2C1=O. The highest BCUT2D eigenvalue weighted by Gasteiger charge is 2.49. The van der Waals surface area contributed by atoms with Crippen molar-refractivity contribution in [3.8, 4) is 0 Å². The number of imide groups is 1. The van der Waals surface area contributed by atoms with Gasteiger partial charge in [0, 0.05) is 5.69 Å². The van der Waals surface area contributed by atoms with E-state index in [0.29, 0.717) is 11.3 Å². The Labute approximate surface area is 164 Å². The molecule has 0 spiro atoms. The molecule has 5 heteroatoms. The van der Waals surface area contributed by atoms with E-state index in [2.05, 4.69) is 5.32 Å². The quantitative estimate of drug-likeness (QED) is 0.814. The number of carbonyl (C=O) groups excluding carboxylic acids is 3. The van der Waals surface area contributed by atoms with Crippen molar-refractivity contribution >= 4 is 29.1 Å². The lowest BCUT2D eigenvalue weighted by Gasteiger charge is -2.19. The summed E-state index contributed by atoms with van der Waals surface area (Å²) >= 11 is 0. The lowest BCUT2D eigenvalue weighted by atomic mass is 9.81. The van der Waals surface area contributed by atoms with Crippen molar-refractivity contribution in [2.45, 2.75) is 39.0 Å². The van der Waals surface area contributed by atoms with Crippen LogP contribution in [0.25, 0.3) is 0 Å². The lowest BCUT2D eigenvalue weighted by Crippen LogP contribution is -2.33. The predicted octanol–water partition coefficient (Wildman–Crippen LogP) is 4.18. The first kappa shape index (κ1) is 18.4. The summed E-state index contributed by atoms with van der Waals surface area (Å²) in [6, 6.07) is 14.5. The maximum Gasteiger partial charge on any atom is 0.257 e. The van der Waals surface area contributed by atoms with E-state index in [-0.39, 0.29) is 29.6 Å². The zero-order valence-corrected chi connectivity index (χ0v) is 16.0. The van der Waals surface area contributed by atoms with Crippen molar-refractivity contribution in [2.24, 2.45) is 11.8 Å². The summed E-state index contributed by atoms with van der Waals surface area (Å²) in [6.45, 7) is 2.03. The molecular formula is C23H24N2O3. The average molecular weight is 376 g/mol.